The summed E-state index contributed by atoms with van der Waals surface area (Å²) in [6, 6.07) is 20.5. The van der Waals surface area contributed by atoms with Gasteiger partial charge in [-0.25, -0.2) is 4.79 Å². The second-order valence-corrected chi connectivity index (χ2v) is 9.59. The zero-order valence-electron chi connectivity index (χ0n) is 23.1. The number of amides is 2. The van der Waals surface area contributed by atoms with Crippen LogP contribution in [0.25, 0.3) is 0 Å². The largest absolute Gasteiger partial charge is 0.490 e. The van der Waals surface area contributed by atoms with Crippen molar-refractivity contribution in [1.82, 2.24) is 10.2 Å². The maximum absolute atomic E-state index is 13.3. The number of hydrogen-bond donors (Lipinski definition) is 5. The van der Waals surface area contributed by atoms with E-state index in [-0.39, 0.29) is 24.8 Å². The van der Waals surface area contributed by atoms with Crippen molar-refractivity contribution < 1.29 is 47.3 Å². The summed E-state index contributed by atoms with van der Waals surface area (Å²) in [5.74, 6) is -4.20. The molecular formula is C30H29F3N4O7. The van der Waals surface area contributed by atoms with Crippen LogP contribution >= 0.6 is 0 Å². The number of carbonyl (C=O) groups is 4. The van der Waals surface area contributed by atoms with E-state index in [2.05, 4.69) is 5.32 Å². The van der Waals surface area contributed by atoms with Gasteiger partial charge in [-0.05, 0) is 41.3 Å². The van der Waals surface area contributed by atoms with E-state index >= 15 is 0 Å². The lowest BCUT2D eigenvalue weighted by atomic mass is 9.96. The van der Waals surface area contributed by atoms with E-state index < -0.39 is 36.5 Å². The molecule has 3 aromatic rings. The molecule has 1 unspecified atom stereocenters. The summed E-state index contributed by atoms with van der Waals surface area (Å²) in [6.07, 6.45) is -5.10. The van der Waals surface area contributed by atoms with Gasteiger partial charge in [0.2, 0.25) is 5.91 Å². The number of nitrogen functional groups attached to an aromatic ring is 1. The number of halogens is 3. The van der Waals surface area contributed by atoms with Crippen molar-refractivity contribution in [1.29, 1.82) is 5.41 Å². The Balaban J connectivity index is 0.000000676. The highest BCUT2D eigenvalue weighted by Gasteiger charge is 2.38. The minimum absolute atomic E-state index is 0.000126. The monoisotopic (exact) mass is 614 g/mol. The molecule has 1 aliphatic rings. The van der Waals surface area contributed by atoms with Crippen LogP contribution in [0.1, 0.15) is 39.0 Å². The lowest BCUT2D eigenvalue weighted by molar-refractivity contribution is -0.192. The molecule has 0 saturated carbocycles. The molecule has 232 valence electrons. The third-order valence-electron chi connectivity index (χ3n) is 6.46. The van der Waals surface area contributed by atoms with Crippen LogP contribution in [0.15, 0.2) is 72.8 Å². The molecule has 0 fully saturated rings. The van der Waals surface area contributed by atoms with E-state index in [0.717, 1.165) is 16.7 Å². The van der Waals surface area contributed by atoms with Crippen LogP contribution in [0, 0.1) is 5.41 Å². The molecule has 0 aromatic heterocycles. The molecule has 14 heteroatoms. The van der Waals surface area contributed by atoms with Gasteiger partial charge in [-0.2, -0.15) is 13.2 Å². The number of benzene rings is 3. The topological polar surface area (TPSA) is 183 Å². The smallest absolute Gasteiger partial charge is 0.489 e. The van der Waals surface area contributed by atoms with Crippen LogP contribution in [-0.2, 0) is 34.0 Å². The summed E-state index contributed by atoms with van der Waals surface area (Å²) in [6.45, 7) is 0.768. The molecule has 4 rings (SSSR count). The molecule has 1 aliphatic heterocycles. The lowest BCUT2D eigenvalue weighted by Crippen LogP contribution is -2.52. The Kier molecular flexibility index (Phi) is 11.0. The summed E-state index contributed by atoms with van der Waals surface area (Å²) in [7, 11) is 0. The predicted molar refractivity (Wildman–Crippen MR) is 151 cm³/mol. The first-order valence-corrected chi connectivity index (χ1v) is 13.1. The number of carboxylic acids is 2. The molecule has 6 N–H and O–H groups in total. The number of hydrogen-bond acceptors (Lipinski definition) is 6. The Labute approximate surface area is 249 Å². The van der Waals surface area contributed by atoms with E-state index in [1.165, 1.54) is 4.90 Å². The van der Waals surface area contributed by atoms with Crippen LogP contribution in [-0.4, -0.2) is 63.5 Å². The molecule has 0 saturated heterocycles. The van der Waals surface area contributed by atoms with E-state index in [1.807, 2.05) is 42.5 Å². The lowest BCUT2D eigenvalue weighted by Gasteiger charge is -2.34. The van der Waals surface area contributed by atoms with Crippen molar-refractivity contribution in [3.8, 4) is 5.75 Å². The quantitative estimate of drug-likeness (QED) is 0.170. The van der Waals surface area contributed by atoms with Crippen LogP contribution in [0.3, 0.4) is 0 Å². The number of carboxylic acid groups (broad SMARTS) is 2. The van der Waals surface area contributed by atoms with E-state index in [4.69, 9.17) is 25.8 Å². The molecule has 0 bridgehead atoms. The van der Waals surface area contributed by atoms with Crippen LogP contribution in [0.5, 0.6) is 5.75 Å². The number of alkyl halides is 3. The van der Waals surface area contributed by atoms with Gasteiger partial charge in [0.15, 0.2) is 0 Å². The van der Waals surface area contributed by atoms with Crippen molar-refractivity contribution >= 4 is 29.6 Å². The Bertz CT molecular complexity index is 1510. The minimum atomic E-state index is -5.08. The second-order valence-electron chi connectivity index (χ2n) is 9.59. The standard InChI is InChI=1S/C28H28N4O5.C2HF3O2/c29-26(30)20-8-6-19(7-9-20)17-37-22-10-11-23-21(14-22)12-13-32(28(23)36)24(15-25(33)34)27(35)31-16-18-4-2-1-3-5-18;3-2(4,5)1(6)7/h1-11,14,24H,12-13,15-17H2,(H3,29,30)(H,31,35)(H,33,34);(H,6,7). The Hall–Kier alpha value is -5.40. The summed E-state index contributed by atoms with van der Waals surface area (Å²) in [5.41, 5.74) is 9.11. The van der Waals surface area contributed by atoms with Gasteiger partial charge >= 0.3 is 18.1 Å². The Morgan fingerprint density at radius 3 is 2.20 bits per heavy atom. The van der Waals surface area contributed by atoms with Gasteiger partial charge in [0.25, 0.3) is 5.91 Å². The normalized spacial score (nSPS) is 13.1. The maximum Gasteiger partial charge on any atom is 0.490 e. The Morgan fingerprint density at radius 2 is 1.64 bits per heavy atom. The van der Waals surface area contributed by atoms with Crippen LogP contribution in [0.2, 0.25) is 0 Å². The highest BCUT2D eigenvalue weighted by molar-refractivity contribution is 6.00. The number of aliphatic carboxylic acids is 2. The first-order valence-electron chi connectivity index (χ1n) is 13.1. The second kappa shape index (κ2) is 14.7. The molecule has 1 atom stereocenters. The van der Waals surface area contributed by atoms with Gasteiger partial charge in [0.05, 0.1) is 6.42 Å². The summed E-state index contributed by atoms with van der Waals surface area (Å²) < 4.78 is 37.6. The molecule has 0 aliphatic carbocycles. The average molecular weight is 615 g/mol. The molecular weight excluding hydrogens is 585 g/mol. The molecule has 1 heterocycles. The molecule has 2 amide bonds. The van der Waals surface area contributed by atoms with Crippen LogP contribution in [0.4, 0.5) is 13.2 Å². The fraction of sp³-hybridized carbons (Fsp3) is 0.233. The zero-order valence-corrected chi connectivity index (χ0v) is 23.1. The number of nitrogens with two attached hydrogens (primary N) is 1. The zero-order chi connectivity index (χ0) is 32.4. The van der Waals surface area contributed by atoms with E-state index in [1.54, 1.807) is 30.3 Å². The highest BCUT2D eigenvalue weighted by atomic mass is 19.4. The van der Waals surface area contributed by atoms with Gasteiger partial charge in [-0.3, -0.25) is 19.8 Å². The predicted octanol–water partition coefficient (Wildman–Crippen LogP) is 3.34. The number of nitrogens with zero attached hydrogens (tertiary/aromatic N) is 1. The van der Waals surface area contributed by atoms with Crippen LogP contribution < -0.4 is 15.8 Å². The van der Waals surface area contributed by atoms with Gasteiger partial charge in [-0.15, -0.1) is 0 Å². The first-order chi connectivity index (χ1) is 20.8. The molecule has 0 spiro atoms. The number of nitrogens with one attached hydrogen (secondary N) is 2. The number of carbonyl (C=O) groups excluding carboxylic acids is 2. The molecule has 44 heavy (non-hydrogen) atoms. The fourth-order valence-corrected chi connectivity index (χ4v) is 4.23. The van der Waals surface area contributed by atoms with Crippen molar-refractivity contribution in [3.63, 3.8) is 0 Å². The molecule has 0 radical (unpaired) electrons. The third kappa shape index (κ3) is 9.31. The molecule has 3 aromatic carbocycles. The molecule has 11 nitrogen and oxygen atoms in total. The maximum atomic E-state index is 13.3. The average Bonchev–Trinajstić information content (AvgIpc) is 2.98. The minimum Gasteiger partial charge on any atom is -0.489 e. The van der Waals surface area contributed by atoms with E-state index in [9.17, 15) is 32.7 Å². The number of rotatable bonds is 10. The summed E-state index contributed by atoms with van der Waals surface area (Å²) in [5, 5.41) is 26.8. The van der Waals surface area contributed by atoms with Gasteiger partial charge in [-0.1, -0.05) is 54.6 Å². The third-order valence-corrected chi connectivity index (χ3v) is 6.46. The highest BCUT2D eigenvalue weighted by Crippen LogP contribution is 2.26. The number of fused-ring (bicyclic) bond motifs is 1. The van der Waals surface area contributed by atoms with Crippen molar-refractivity contribution in [3.05, 3.63) is 101 Å². The van der Waals surface area contributed by atoms with Gasteiger partial charge in [0.1, 0.15) is 24.2 Å². The fourth-order valence-electron chi connectivity index (χ4n) is 4.23. The summed E-state index contributed by atoms with van der Waals surface area (Å²) >= 11 is 0. The number of amidine groups is 1. The Morgan fingerprint density at radius 1 is 1.00 bits per heavy atom. The first kappa shape index (κ1) is 33.1. The van der Waals surface area contributed by atoms with Crippen molar-refractivity contribution in [2.75, 3.05) is 6.54 Å². The van der Waals surface area contributed by atoms with Gasteiger partial charge in [0, 0.05) is 24.2 Å². The number of ether oxygens (including phenoxy) is 1. The van der Waals surface area contributed by atoms with Crippen molar-refractivity contribution in [2.45, 2.75) is 38.2 Å². The summed E-state index contributed by atoms with van der Waals surface area (Å²) in [4.78, 5) is 48.0. The SMILES string of the molecule is N=C(N)c1ccc(COc2ccc3c(c2)CCN(C(CC(=O)O)C(=O)NCc2ccccc2)C3=O)cc1.O=C(O)C(F)(F)F. The van der Waals surface area contributed by atoms with Gasteiger partial charge < -0.3 is 30.9 Å². The van der Waals surface area contributed by atoms with E-state index in [0.29, 0.717) is 29.9 Å². The van der Waals surface area contributed by atoms with Crippen molar-refractivity contribution in [2.24, 2.45) is 5.73 Å².